The van der Waals surface area contributed by atoms with Gasteiger partial charge in [-0.05, 0) is 18.9 Å². The summed E-state index contributed by atoms with van der Waals surface area (Å²) in [6, 6.07) is 2.37. The molecule has 2 heterocycles. The van der Waals surface area contributed by atoms with Crippen LogP contribution < -0.4 is 11.1 Å². The zero-order chi connectivity index (χ0) is 17.8. The molecule has 0 aliphatic heterocycles. The van der Waals surface area contributed by atoms with Crippen LogP contribution in [0.4, 0.5) is 11.4 Å². The number of thiol groups is 1. The lowest BCUT2D eigenvalue weighted by molar-refractivity contribution is 0.0607. The van der Waals surface area contributed by atoms with Crippen LogP contribution in [0.25, 0.3) is 10.2 Å². The average Bonchev–Trinajstić information content (AvgIpc) is 2.94. The van der Waals surface area contributed by atoms with E-state index in [1.165, 1.54) is 44.1 Å². The number of ether oxygens (including phenoxy) is 1. The van der Waals surface area contributed by atoms with Crippen LogP contribution in [-0.2, 0) is 4.74 Å². The Kier molecular flexibility index (Phi) is 6.12. The number of nitrogen functional groups attached to an aromatic ring is 1. The maximum atomic E-state index is 11.9. The van der Waals surface area contributed by atoms with Gasteiger partial charge in [0, 0.05) is 17.9 Å². The molecule has 0 spiro atoms. The summed E-state index contributed by atoms with van der Waals surface area (Å²) in [5.74, 6) is 0.349. The van der Waals surface area contributed by atoms with Crippen LogP contribution in [0, 0.1) is 0 Å². The van der Waals surface area contributed by atoms with E-state index in [1.54, 1.807) is 6.20 Å². The highest BCUT2D eigenvalue weighted by molar-refractivity contribution is 8.07. The molecule has 1 saturated carbocycles. The number of aromatic nitrogens is 1. The van der Waals surface area contributed by atoms with Crippen molar-refractivity contribution in [2.24, 2.45) is 0 Å². The summed E-state index contributed by atoms with van der Waals surface area (Å²) in [5.41, 5.74) is 7.66. The number of nitrogens with one attached hydrogen (secondary N) is 1. The molecular weight excluding hydrogens is 353 g/mol. The summed E-state index contributed by atoms with van der Waals surface area (Å²) in [7, 11) is 1.37. The molecule has 2 aromatic rings. The Balaban J connectivity index is 1.81. The number of carbonyl (C=O) groups is 1. The van der Waals surface area contributed by atoms with Crippen LogP contribution in [-0.4, -0.2) is 30.7 Å². The first-order chi connectivity index (χ1) is 12.1. The second-order valence-electron chi connectivity index (χ2n) is 6.63. The Hall–Kier alpha value is -1.41. The van der Waals surface area contributed by atoms with Crippen LogP contribution in [0.5, 0.6) is 0 Å². The summed E-state index contributed by atoms with van der Waals surface area (Å²) in [5, 5.41) is 4.49. The fourth-order valence-electron chi connectivity index (χ4n) is 3.55. The summed E-state index contributed by atoms with van der Waals surface area (Å²) >= 11 is 5.74. The molecule has 2 aromatic heterocycles. The second kappa shape index (κ2) is 8.32. The standard InChI is InChI=1S/C17H24BN3O2S2/c1-23-17(22)15-14(19)13-12(8-9-20-16(13)25-15)21-11-6-2-4-10(18-24)5-3-7-11/h8-11,18,24H,2-7,19H2,1H3,(H,20,21). The number of pyridine rings is 1. The SMILES string of the molecule is COC(=O)c1sc2nccc(NC3CCCC(BS)CCC3)c2c1N. The predicted octanol–water partition coefficient (Wildman–Crippen LogP) is 3.87. The lowest BCUT2D eigenvalue weighted by Gasteiger charge is -2.25. The normalized spacial score (nSPS) is 21.4. The average molecular weight is 377 g/mol. The van der Waals surface area contributed by atoms with Crippen molar-refractivity contribution in [1.82, 2.24) is 4.98 Å². The third-order valence-corrected chi connectivity index (χ3v) is 6.56. The van der Waals surface area contributed by atoms with Gasteiger partial charge < -0.3 is 15.8 Å². The molecule has 134 valence electrons. The van der Waals surface area contributed by atoms with Crippen molar-refractivity contribution in [3.63, 3.8) is 0 Å². The Labute approximate surface area is 158 Å². The van der Waals surface area contributed by atoms with Crippen molar-refractivity contribution in [2.75, 3.05) is 18.2 Å². The highest BCUT2D eigenvalue weighted by Gasteiger charge is 2.22. The van der Waals surface area contributed by atoms with E-state index in [0.29, 0.717) is 16.6 Å². The lowest BCUT2D eigenvalue weighted by atomic mass is 9.75. The van der Waals surface area contributed by atoms with Crippen molar-refractivity contribution in [3.05, 3.63) is 17.1 Å². The minimum Gasteiger partial charge on any atom is -0.465 e. The molecule has 1 aliphatic rings. The van der Waals surface area contributed by atoms with Crippen molar-refractivity contribution in [1.29, 1.82) is 0 Å². The summed E-state index contributed by atoms with van der Waals surface area (Å²) in [6.07, 6.45) is 8.97. The molecule has 0 unspecified atom stereocenters. The van der Waals surface area contributed by atoms with Crippen LogP contribution >= 0.6 is 23.8 Å². The lowest BCUT2D eigenvalue weighted by Crippen LogP contribution is -2.22. The summed E-state index contributed by atoms with van der Waals surface area (Å²) < 4.78 is 4.82. The molecule has 1 fully saturated rings. The zero-order valence-electron chi connectivity index (χ0n) is 14.5. The molecule has 3 rings (SSSR count). The maximum absolute atomic E-state index is 11.9. The van der Waals surface area contributed by atoms with E-state index in [9.17, 15) is 4.79 Å². The number of methoxy groups -OCH3 is 1. The van der Waals surface area contributed by atoms with Crippen LogP contribution in [0.2, 0.25) is 5.82 Å². The third-order valence-electron chi connectivity index (χ3n) is 4.95. The van der Waals surface area contributed by atoms with Crippen molar-refractivity contribution >= 4 is 57.9 Å². The molecule has 3 N–H and O–H groups in total. The van der Waals surface area contributed by atoms with Gasteiger partial charge in [0.25, 0.3) is 0 Å². The van der Waals surface area contributed by atoms with Gasteiger partial charge in [0.1, 0.15) is 9.71 Å². The minimum absolute atomic E-state index is 0.407. The monoisotopic (exact) mass is 377 g/mol. The minimum atomic E-state index is -0.407. The molecule has 0 aromatic carbocycles. The smallest absolute Gasteiger partial charge is 0.350 e. The molecule has 0 amide bonds. The molecule has 0 saturated heterocycles. The number of anilines is 2. The van der Waals surface area contributed by atoms with E-state index in [-0.39, 0.29) is 0 Å². The van der Waals surface area contributed by atoms with Gasteiger partial charge in [0.2, 0.25) is 0 Å². The van der Waals surface area contributed by atoms with Gasteiger partial charge >= 0.3 is 5.97 Å². The largest absolute Gasteiger partial charge is 0.465 e. The molecule has 25 heavy (non-hydrogen) atoms. The van der Waals surface area contributed by atoms with E-state index in [0.717, 1.165) is 41.1 Å². The first-order valence-electron chi connectivity index (χ1n) is 8.76. The number of thiophene rings is 1. The Morgan fingerprint density at radius 2 is 2.12 bits per heavy atom. The number of carbonyl (C=O) groups excluding carboxylic acids is 1. The van der Waals surface area contributed by atoms with E-state index in [2.05, 4.69) is 22.8 Å². The van der Waals surface area contributed by atoms with Crippen molar-refractivity contribution < 1.29 is 9.53 Å². The first-order valence-corrected chi connectivity index (χ1v) is 10.2. The third kappa shape index (κ3) is 4.06. The van der Waals surface area contributed by atoms with Gasteiger partial charge in [-0.25, -0.2) is 22.3 Å². The van der Waals surface area contributed by atoms with Crippen molar-refractivity contribution in [3.8, 4) is 0 Å². The predicted molar refractivity (Wildman–Crippen MR) is 110 cm³/mol. The van der Waals surface area contributed by atoms with Gasteiger partial charge in [-0.2, -0.15) is 0 Å². The van der Waals surface area contributed by atoms with Crippen LogP contribution in [0.15, 0.2) is 12.3 Å². The van der Waals surface area contributed by atoms with Crippen LogP contribution in [0.3, 0.4) is 0 Å². The van der Waals surface area contributed by atoms with E-state index in [1.807, 2.05) is 6.07 Å². The molecule has 1 aliphatic carbocycles. The number of nitrogens with zero attached hydrogens (tertiary/aromatic N) is 1. The molecular formula is C17H24BN3O2S2. The fraction of sp³-hybridized carbons (Fsp3) is 0.529. The number of hydrogen-bond acceptors (Lipinski definition) is 7. The van der Waals surface area contributed by atoms with Gasteiger partial charge in [-0.15, -0.1) is 11.3 Å². The van der Waals surface area contributed by atoms with Crippen LogP contribution in [0.1, 0.15) is 48.2 Å². The van der Waals surface area contributed by atoms with Gasteiger partial charge in [-0.3, -0.25) is 0 Å². The van der Waals surface area contributed by atoms with Crippen molar-refractivity contribution in [2.45, 2.75) is 50.4 Å². The maximum Gasteiger partial charge on any atom is 0.350 e. The molecule has 8 heteroatoms. The number of hydrogen-bond donors (Lipinski definition) is 3. The van der Waals surface area contributed by atoms with Gasteiger partial charge in [-0.1, -0.05) is 31.5 Å². The second-order valence-corrected chi connectivity index (χ2v) is 7.99. The van der Waals surface area contributed by atoms with Gasteiger partial charge in [0.15, 0.2) is 6.56 Å². The Morgan fingerprint density at radius 1 is 1.40 bits per heavy atom. The van der Waals surface area contributed by atoms with Gasteiger partial charge in [0.05, 0.1) is 18.2 Å². The topological polar surface area (TPSA) is 77.2 Å². The zero-order valence-corrected chi connectivity index (χ0v) is 16.2. The number of rotatable bonds is 4. The number of fused-ring (bicyclic) bond motifs is 1. The molecule has 0 radical (unpaired) electrons. The first kappa shape index (κ1) is 18.4. The Morgan fingerprint density at radius 3 is 2.76 bits per heavy atom. The highest BCUT2D eigenvalue weighted by Crippen LogP contribution is 2.38. The summed E-state index contributed by atoms with van der Waals surface area (Å²) in [6.45, 7) is 0.991. The molecule has 5 nitrogen and oxygen atoms in total. The Bertz CT molecular complexity index is 743. The van der Waals surface area contributed by atoms with E-state index in [4.69, 9.17) is 10.5 Å². The van der Waals surface area contributed by atoms with E-state index >= 15 is 0 Å². The molecule has 0 atom stereocenters. The highest BCUT2D eigenvalue weighted by atomic mass is 32.1. The number of esters is 1. The number of nitrogens with two attached hydrogens (primary N) is 1. The van der Waals surface area contributed by atoms with E-state index < -0.39 is 5.97 Å². The fourth-order valence-corrected chi connectivity index (χ4v) is 4.92. The quantitative estimate of drug-likeness (QED) is 0.428. The summed E-state index contributed by atoms with van der Waals surface area (Å²) in [4.78, 5) is 17.5. The molecule has 0 bridgehead atoms.